The predicted molar refractivity (Wildman–Crippen MR) is 91.5 cm³/mol. The summed E-state index contributed by atoms with van der Waals surface area (Å²) in [7, 11) is 0. The van der Waals surface area contributed by atoms with Crippen molar-refractivity contribution in [1.29, 1.82) is 0 Å². The topological polar surface area (TPSA) is 95.9 Å². The van der Waals surface area contributed by atoms with Crippen molar-refractivity contribution in [2.45, 2.75) is 32.7 Å². The van der Waals surface area contributed by atoms with Gasteiger partial charge in [-0.3, -0.25) is 9.59 Å². The van der Waals surface area contributed by atoms with Gasteiger partial charge in [-0.2, -0.15) is 0 Å². The zero-order chi connectivity index (χ0) is 18.4. The molecule has 7 heteroatoms. The van der Waals surface area contributed by atoms with Crippen molar-refractivity contribution in [3.8, 4) is 5.75 Å². The van der Waals surface area contributed by atoms with Gasteiger partial charge in [0.1, 0.15) is 11.8 Å². The first-order valence-corrected chi connectivity index (χ1v) is 8.39. The van der Waals surface area contributed by atoms with E-state index in [0.717, 1.165) is 0 Å². The zero-order valence-corrected chi connectivity index (χ0v) is 14.5. The standard InChI is InChI=1S/C18H24N2O5/c1-12(18(23)24)20(10-9-19-13(2)21)17(22)15-5-7-16(8-6-15)25-11-14-3-4-14/h5-8,12,14H,3-4,9-11H2,1-2H3,(H,19,21)(H,23,24). The van der Waals surface area contributed by atoms with Gasteiger partial charge in [0, 0.05) is 25.6 Å². The highest BCUT2D eigenvalue weighted by molar-refractivity contribution is 5.96. The molecule has 0 heterocycles. The van der Waals surface area contributed by atoms with Crippen LogP contribution >= 0.6 is 0 Å². The van der Waals surface area contributed by atoms with Crippen LogP contribution in [0.4, 0.5) is 0 Å². The molecular weight excluding hydrogens is 324 g/mol. The Morgan fingerprint density at radius 1 is 1.28 bits per heavy atom. The molecule has 136 valence electrons. The van der Waals surface area contributed by atoms with Gasteiger partial charge in [0.25, 0.3) is 5.91 Å². The molecule has 2 N–H and O–H groups in total. The highest BCUT2D eigenvalue weighted by Crippen LogP contribution is 2.29. The van der Waals surface area contributed by atoms with Crippen LogP contribution in [0.25, 0.3) is 0 Å². The Morgan fingerprint density at radius 2 is 1.92 bits per heavy atom. The van der Waals surface area contributed by atoms with Gasteiger partial charge in [-0.25, -0.2) is 4.79 Å². The second-order valence-electron chi connectivity index (χ2n) is 6.27. The number of carbonyl (C=O) groups is 3. The lowest BCUT2D eigenvalue weighted by atomic mass is 10.1. The Bertz CT molecular complexity index is 625. The van der Waals surface area contributed by atoms with Crippen LogP contribution in [0.3, 0.4) is 0 Å². The van der Waals surface area contributed by atoms with Crippen molar-refractivity contribution in [1.82, 2.24) is 10.2 Å². The summed E-state index contributed by atoms with van der Waals surface area (Å²) in [5.74, 6) is -0.386. The monoisotopic (exact) mass is 348 g/mol. The third-order valence-electron chi connectivity index (χ3n) is 4.10. The number of rotatable bonds is 9. The largest absolute Gasteiger partial charge is 0.493 e. The number of amides is 2. The molecule has 1 aliphatic rings. The molecule has 25 heavy (non-hydrogen) atoms. The zero-order valence-electron chi connectivity index (χ0n) is 14.5. The smallest absolute Gasteiger partial charge is 0.326 e. The fourth-order valence-corrected chi connectivity index (χ4v) is 2.31. The predicted octanol–water partition coefficient (Wildman–Crippen LogP) is 1.53. The molecule has 0 radical (unpaired) electrons. The molecule has 1 unspecified atom stereocenters. The lowest BCUT2D eigenvalue weighted by molar-refractivity contribution is -0.141. The van der Waals surface area contributed by atoms with Gasteiger partial charge in [0.2, 0.25) is 5.91 Å². The number of carboxylic acids is 1. The summed E-state index contributed by atoms with van der Waals surface area (Å²) in [6, 6.07) is 5.70. The first kappa shape index (κ1) is 18.8. The van der Waals surface area contributed by atoms with E-state index >= 15 is 0 Å². The minimum absolute atomic E-state index is 0.117. The lowest BCUT2D eigenvalue weighted by Gasteiger charge is -2.26. The van der Waals surface area contributed by atoms with Crippen molar-refractivity contribution in [2.75, 3.05) is 19.7 Å². The Hall–Kier alpha value is -2.57. The number of nitrogens with one attached hydrogen (secondary N) is 1. The quantitative estimate of drug-likeness (QED) is 0.705. The molecule has 0 aromatic heterocycles. The van der Waals surface area contributed by atoms with Crippen LogP contribution in [0, 0.1) is 5.92 Å². The van der Waals surface area contributed by atoms with Crippen LogP contribution in [0.15, 0.2) is 24.3 Å². The SMILES string of the molecule is CC(=O)NCCN(C(=O)c1ccc(OCC2CC2)cc1)C(C)C(=O)O. The normalized spacial score (nSPS) is 14.5. The summed E-state index contributed by atoms with van der Waals surface area (Å²) in [4.78, 5) is 36.2. The fraction of sp³-hybridized carbons (Fsp3) is 0.500. The molecule has 1 saturated carbocycles. The van der Waals surface area contributed by atoms with Crippen LogP contribution in [0.2, 0.25) is 0 Å². The van der Waals surface area contributed by atoms with E-state index in [1.54, 1.807) is 24.3 Å². The molecule has 1 aromatic carbocycles. The summed E-state index contributed by atoms with van der Waals surface area (Å²) >= 11 is 0. The van der Waals surface area contributed by atoms with Gasteiger partial charge in [0.05, 0.1) is 6.61 Å². The number of hydrogen-bond donors (Lipinski definition) is 2. The number of carboxylic acid groups (broad SMARTS) is 1. The Morgan fingerprint density at radius 3 is 2.44 bits per heavy atom. The van der Waals surface area contributed by atoms with Gasteiger partial charge in [0.15, 0.2) is 0 Å². The number of benzene rings is 1. The average molecular weight is 348 g/mol. The lowest BCUT2D eigenvalue weighted by Crippen LogP contribution is -2.46. The van der Waals surface area contributed by atoms with Crippen molar-refractivity contribution in [3.63, 3.8) is 0 Å². The van der Waals surface area contributed by atoms with Crippen molar-refractivity contribution >= 4 is 17.8 Å². The van der Waals surface area contributed by atoms with Crippen molar-refractivity contribution in [2.24, 2.45) is 5.92 Å². The molecule has 1 atom stereocenters. The van der Waals surface area contributed by atoms with Gasteiger partial charge in [-0.1, -0.05) is 0 Å². The van der Waals surface area contributed by atoms with Crippen molar-refractivity contribution < 1.29 is 24.2 Å². The van der Waals surface area contributed by atoms with E-state index in [2.05, 4.69) is 5.32 Å². The van der Waals surface area contributed by atoms with E-state index in [1.807, 2.05) is 0 Å². The number of nitrogens with zero attached hydrogens (tertiary/aromatic N) is 1. The molecular formula is C18H24N2O5. The minimum Gasteiger partial charge on any atom is -0.493 e. The Balaban J connectivity index is 2.02. The number of carbonyl (C=O) groups excluding carboxylic acids is 2. The molecule has 1 fully saturated rings. The van der Waals surface area contributed by atoms with E-state index in [0.29, 0.717) is 23.8 Å². The van der Waals surface area contributed by atoms with Crippen LogP contribution < -0.4 is 10.1 Å². The first-order valence-electron chi connectivity index (χ1n) is 8.39. The number of ether oxygens (including phenoxy) is 1. The molecule has 2 rings (SSSR count). The van der Waals surface area contributed by atoms with E-state index < -0.39 is 17.9 Å². The summed E-state index contributed by atoms with van der Waals surface area (Å²) in [6.45, 7) is 3.81. The van der Waals surface area contributed by atoms with Crippen molar-refractivity contribution in [3.05, 3.63) is 29.8 Å². The van der Waals surface area contributed by atoms with Gasteiger partial charge >= 0.3 is 5.97 Å². The summed E-state index contributed by atoms with van der Waals surface area (Å²) in [6.07, 6.45) is 2.40. The molecule has 0 bridgehead atoms. The maximum atomic E-state index is 12.7. The first-order chi connectivity index (χ1) is 11.9. The van der Waals surface area contributed by atoms with Crippen LogP contribution in [0.1, 0.15) is 37.0 Å². The third-order valence-corrected chi connectivity index (χ3v) is 4.10. The Kier molecular flexibility index (Phi) is 6.38. The van der Waals surface area contributed by atoms with Crippen LogP contribution in [-0.4, -0.2) is 53.5 Å². The summed E-state index contributed by atoms with van der Waals surface area (Å²) in [5, 5.41) is 11.8. The molecule has 0 aliphatic heterocycles. The van der Waals surface area contributed by atoms with Crippen LogP contribution in [0.5, 0.6) is 5.75 Å². The minimum atomic E-state index is -1.10. The molecule has 1 aromatic rings. The maximum Gasteiger partial charge on any atom is 0.326 e. The molecule has 2 amide bonds. The average Bonchev–Trinajstić information content (AvgIpc) is 3.40. The fourth-order valence-electron chi connectivity index (χ4n) is 2.31. The van der Waals surface area contributed by atoms with E-state index in [-0.39, 0.29) is 19.0 Å². The van der Waals surface area contributed by atoms with Crippen LogP contribution in [-0.2, 0) is 9.59 Å². The molecule has 0 saturated heterocycles. The van der Waals surface area contributed by atoms with Gasteiger partial charge in [-0.15, -0.1) is 0 Å². The van der Waals surface area contributed by atoms with E-state index in [1.165, 1.54) is 31.6 Å². The Labute approximate surface area is 147 Å². The third kappa shape index (κ3) is 5.77. The highest BCUT2D eigenvalue weighted by atomic mass is 16.5. The summed E-state index contributed by atoms with van der Waals surface area (Å²) in [5.41, 5.74) is 0.384. The summed E-state index contributed by atoms with van der Waals surface area (Å²) < 4.78 is 5.64. The number of aliphatic carboxylic acids is 1. The highest BCUT2D eigenvalue weighted by Gasteiger charge is 2.26. The van der Waals surface area contributed by atoms with E-state index in [4.69, 9.17) is 4.74 Å². The second kappa shape index (κ2) is 8.50. The number of hydrogen-bond acceptors (Lipinski definition) is 4. The van der Waals surface area contributed by atoms with Gasteiger partial charge < -0.3 is 20.1 Å². The molecule has 0 spiro atoms. The van der Waals surface area contributed by atoms with E-state index in [9.17, 15) is 19.5 Å². The second-order valence-corrected chi connectivity index (χ2v) is 6.27. The maximum absolute atomic E-state index is 12.7. The molecule has 1 aliphatic carbocycles. The van der Waals surface area contributed by atoms with Gasteiger partial charge in [-0.05, 0) is 49.9 Å². The molecule has 7 nitrogen and oxygen atoms in total.